The van der Waals surface area contributed by atoms with E-state index in [1.54, 1.807) is 30.3 Å². The second kappa shape index (κ2) is 9.30. The molecule has 0 saturated heterocycles. The van der Waals surface area contributed by atoms with Gasteiger partial charge in [0.2, 0.25) is 0 Å². The topological polar surface area (TPSA) is 70.6 Å². The molecule has 2 N–H and O–H groups in total. The van der Waals surface area contributed by atoms with Crippen molar-refractivity contribution in [3.8, 4) is 0 Å². The van der Waals surface area contributed by atoms with Gasteiger partial charge in [0.05, 0.1) is 5.71 Å². The number of anilines is 1. The van der Waals surface area contributed by atoms with Gasteiger partial charge >= 0.3 is 0 Å². The summed E-state index contributed by atoms with van der Waals surface area (Å²) in [7, 11) is 0. The summed E-state index contributed by atoms with van der Waals surface area (Å²) < 4.78 is 0.979. The first-order chi connectivity index (χ1) is 13.9. The van der Waals surface area contributed by atoms with Crippen LogP contribution in [0.2, 0.25) is 0 Å². The van der Waals surface area contributed by atoms with Crippen molar-refractivity contribution in [1.82, 2.24) is 5.43 Å². The molecular weight excluding hydrogens is 430 g/mol. The quantitative estimate of drug-likeness (QED) is 0.416. The number of hydrazone groups is 1. The molecule has 0 bridgehead atoms. The third kappa shape index (κ3) is 5.62. The fourth-order valence-corrected chi connectivity index (χ4v) is 2.91. The van der Waals surface area contributed by atoms with E-state index in [0.717, 1.165) is 15.6 Å². The summed E-state index contributed by atoms with van der Waals surface area (Å²) in [5.41, 5.74) is 6.84. The number of amides is 2. The Hall–Kier alpha value is -3.25. The number of benzene rings is 3. The molecule has 146 valence electrons. The lowest BCUT2D eigenvalue weighted by Gasteiger charge is -2.07. The molecule has 0 heterocycles. The van der Waals surface area contributed by atoms with Crippen molar-refractivity contribution < 1.29 is 9.59 Å². The minimum atomic E-state index is -0.321. The monoisotopic (exact) mass is 449 g/mol. The fraction of sp³-hybridized carbons (Fsp3) is 0.0870. The van der Waals surface area contributed by atoms with Crippen LogP contribution in [0, 0.1) is 6.92 Å². The lowest BCUT2D eigenvalue weighted by molar-refractivity contribution is 0.0954. The van der Waals surface area contributed by atoms with E-state index in [1.165, 1.54) is 0 Å². The summed E-state index contributed by atoms with van der Waals surface area (Å²) in [6.45, 7) is 3.76. The average molecular weight is 450 g/mol. The molecule has 6 heteroatoms. The molecule has 2 amide bonds. The predicted molar refractivity (Wildman–Crippen MR) is 119 cm³/mol. The molecule has 5 nitrogen and oxygen atoms in total. The molecule has 0 aromatic heterocycles. The number of halogens is 1. The highest BCUT2D eigenvalue weighted by molar-refractivity contribution is 9.10. The predicted octanol–water partition coefficient (Wildman–Crippen LogP) is 5.16. The maximum atomic E-state index is 12.3. The van der Waals surface area contributed by atoms with Crippen molar-refractivity contribution in [2.75, 3.05) is 5.32 Å². The Morgan fingerprint density at radius 1 is 0.828 bits per heavy atom. The first kappa shape index (κ1) is 20.5. The molecule has 0 aliphatic rings. The zero-order valence-electron chi connectivity index (χ0n) is 16.1. The number of aryl methyl sites for hydroxylation is 1. The Labute approximate surface area is 178 Å². The first-order valence-corrected chi connectivity index (χ1v) is 9.80. The van der Waals surface area contributed by atoms with Crippen LogP contribution in [0.25, 0.3) is 0 Å². The summed E-state index contributed by atoms with van der Waals surface area (Å²) >= 11 is 3.39. The smallest absolute Gasteiger partial charge is 0.271 e. The minimum absolute atomic E-state index is 0.194. The normalized spacial score (nSPS) is 11.1. The minimum Gasteiger partial charge on any atom is -0.322 e. The van der Waals surface area contributed by atoms with E-state index in [2.05, 4.69) is 31.8 Å². The second-order valence-electron chi connectivity index (χ2n) is 6.55. The summed E-state index contributed by atoms with van der Waals surface area (Å²) in [5.74, 6) is -0.515. The van der Waals surface area contributed by atoms with Crippen molar-refractivity contribution in [3.63, 3.8) is 0 Å². The SMILES string of the molecule is C/C(=N\NC(=O)c1ccc(NC(=O)c2cccc(C)c2)cc1)c1ccc(Br)cc1. The van der Waals surface area contributed by atoms with E-state index in [4.69, 9.17) is 0 Å². The summed E-state index contributed by atoms with van der Waals surface area (Å²) in [6.07, 6.45) is 0. The maximum Gasteiger partial charge on any atom is 0.271 e. The van der Waals surface area contributed by atoms with E-state index in [9.17, 15) is 9.59 Å². The van der Waals surface area contributed by atoms with Gasteiger partial charge in [0.1, 0.15) is 0 Å². The highest BCUT2D eigenvalue weighted by atomic mass is 79.9. The molecule has 3 rings (SSSR count). The van der Waals surface area contributed by atoms with Crippen molar-refractivity contribution in [2.24, 2.45) is 5.10 Å². The highest BCUT2D eigenvalue weighted by Crippen LogP contribution is 2.13. The lowest BCUT2D eigenvalue weighted by Crippen LogP contribution is -2.19. The van der Waals surface area contributed by atoms with Crippen LogP contribution in [0.4, 0.5) is 5.69 Å². The third-order valence-electron chi connectivity index (χ3n) is 4.27. The van der Waals surface area contributed by atoms with Crippen molar-refractivity contribution in [3.05, 3.63) is 99.5 Å². The Morgan fingerprint density at radius 3 is 2.14 bits per heavy atom. The van der Waals surface area contributed by atoms with Crippen LogP contribution in [0.3, 0.4) is 0 Å². The lowest BCUT2D eigenvalue weighted by atomic mass is 10.1. The molecule has 0 spiro atoms. The maximum absolute atomic E-state index is 12.3. The van der Waals surface area contributed by atoms with Crippen LogP contribution in [-0.4, -0.2) is 17.5 Å². The molecule has 0 radical (unpaired) electrons. The van der Waals surface area contributed by atoms with Gasteiger partial charge in [-0.2, -0.15) is 5.10 Å². The Bertz CT molecular complexity index is 1060. The van der Waals surface area contributed by atoms with Crippen LogP contribution >= 0.6 is 15.9 Å². The molecule has 0 atom stereocenters. The standard InChI is InChI=1S/C23H20BrN3O2/c1-15-4-3-5-19(14-15)22(28)25-21-12-8-18(9-13-21)23(29)27-26-16(2)17-6-10-20(24)11-7-17/h3-14H,1-2H3,(H,25,28)(H,27,29)/b26-16+. The average Bonchev–Trinajstić information content (AvgIpc) is 2.73. The van der Waals surface area contributed by atoms with Gasteiger partial charge in [-0.05, 0) is 67.9 Å². The van der Waals surface area contributed by atoms with E-state index < -0.39 is 0 Å². The number of rotatable bonds is 5. The molecular formula is C23H20BrN3O2. The van der Waals surface area contributed by atoms with Gasteiger partial charge in [-0.15, -0.1) is 0 Å². The van der Waals surface area contributed by atoms with Gasteiger partial charge in [0, 0.05) is 21.3 Å². The van der Waals surface area contributed by atoms with E-state index in [0.29, 0.717) is 22.5 Å². The molecule has 0 aliphatic heterocycles. The van der Waals surface area contributed by atoms with Crippen molar-refractivity contribution in [1.29, 1.82) is 0 Å². The number of carbonyl (C=O) groups is 2. The Balaban J connectivity index is 1.62. The zero-order valence-corrected chi connectivity index (χ0v) is 17.7. The van der Waals surface area contributed by atoms with Crippen LogP contribution in [0.15, 0.2) is 82.4 Å². The Morgan fingerprint density at radius 2 is 1.48 bits per heavy atom. The summed E-state index contributed by atoms with van der Waals surface area (Å²) in [4.78, 5) is 24.6. The highest BCUT2D eigenvalue weighted by Gasteiger charge is 2.08. The largest absolute Gasteiger partial charge is 0.322 e. The van der Waals surface area contributed by atoms with Gasteiger partial charge < -0.3 is 5.32 Å². The number of nitrogens with zero attached hydrogens (tertiary/aromatic N) is 1. The molecule has 29 heavy (non-hydrogen) atoms. The first-order valence-electron chi connectivity index (χ1n) is 9.01. The molecule has 3 aromatic carbocycles. The van der Waals surface area contributed by atoms with Crippen LogP contribution in [0.1, 0.15) is 38.8 Å². The molecule has 0 aliphatic carbocycles. The zero-order chi connectivity index (χ0) is 20.8. The Kier molecular flexibility index (Phi) is 6.57. The summed E-state index contributed by atoms with van der Waals surface area (Å²) in [6, 6.07) is 21.7. The van der Waals surface area contributed by atoms with Gasteiger partial charge in [0.15, 0.2) is 0 Å². The second-order valence-corrected chi connectivity index (χ2v) is 7.46. The van der Waals surface area contributed by atoms with Gasteiger partial charge in [-0.3, -0.25) is 9.59 Å². The van der Waals surface area contributed by atoms with Crippen molar-refractivity contribution in [2.45, 2.75) is 13.8 Å². The van der Waals surface area contributed by atoms with E-state index in [-0.39, 0.29) is 11.8 Å². The van der Waals surface area contributed by atoms with Crippen LogP contribution in [0.5, 0.6) is 0 Å². The number of nitrogens with one attached hydrogen (secondary N) is 2. The van der Waals surface area contributed by atoms with Gasteiger partial charge in [-0.25, -0.2) is 5.43 Å². The number of carbonyl (C=O) groups excluding carboxylic acids is 2. The van der Waals surface area contributed by atoms with Gasteiger partial charge in [0.25, 0.3) is 11.8 Å². The molecule has 0 saturated carbocycles. The van der Waals surface area contributed by atoms with E-state index >= 15 is 0 Å². The molecule has 0 unspecified atom stereocenters. The summed E-state index contributed by atoms with van der Waals surface area (Å²) in [5, 5.41) is 6.98. The van der Waals surface area contributed by atoms with Crippen LogP contribution < -0.4 is 10.7 Å². The van der Waals surface area contributed by atoms with E-state index in [1.807, 2.05) is 56.3 Å². The van der Waals surface area contributed by atoms with Crippen molar-refractivity contribution >= 4 is 39.1 Å². The molecule has 0 fully saturated rings. The number of hydrogen-bond donors (Lipinski definition) is 2. The van der Waals surface area contributed by atoms with Crippen LogP contribution in [-0.2, 0) is 0 Å². The molecule has 3 aromatic rings. The van der Waals surface area contributed by atoms with Gasteiger partial charge in [-0.1, -0.05) is 45.8 Å². The number of hydrogen-bond acceptors (Lipinski definition) is 3. The third-order valence-corrected chi connectivity index (χ3v) is 4.80. The fourth-order valence-electron chi connectivity index (χ4n) is 2.65.